The lowest BCUT2D eigenvalue weighted by Crippen LogP contribution is -1.95. The van der Waals surface area contributed by atoms with Crippen molar-refractivity contribution in [3.05, 3.63) is 47.4 Å². The second-order valence-corrected chi connectivity index (χ2v) is 3.45. The van der Waals surface area contributed by atoms with Crippen LogP contribution in [0.4, 0.5) is 17.1 Å². The van der Waals surface area contributed by atoms with E-state index in [0.717, 1.165) is 11.1 Å². The topological polar surface area (TPSA) is 81.5 Å². The zero-order valence-corrected chi connectivity index (χ0v) is 8.55. The van der Waals surface area contributed by atoms with Gasteiger partial charge in [0.1, 0.15) is 5.69 Å². The molecule has 0 aliphatic heterocycles. The van der Waals surface area contributed by atoms with Crippen LogP contribution in [-0.4, -0.2) is 0 Å². The third kappa shape index (κ3) is 1.72. The van der Waals surface area contributed by atoms with Crippen molar-refractivity contribution in [2.24, 2.45) is 5.18 Å². The van der Waals surface area contributed by atoms with Gasteiger partial charge in [-0.25, -0.2) is 0 Å². The maximum Gasteiger partial charge on any atom is 0.108 e. The fraction of sp³-hybridized carbons (Fsp3) is 0. The molecule has 0 saturated carbocycles. The van der Waals surface area contributed by atoms with Gasteiger partial charge >= 0.3 is 0 Å². The Morgan fingerprint density at radius 2 is 1.44 bits per heavy atom. The Morgan fingerprint density at radius 3 is 1.94 bits per heavy atom. The quantitative estimate of drug-likeness (QED) is 0.594. The molecule has 0 saturated heterocycles. The first-order valence-electron chi connectivity index (χ1n) is 4.80. The van der Waals surface area contributed by atoms with Crippen molar-refractivity contribution < 1.29 is 0 Å². The number of nitrogens with zero attached hydrogens (tertiary/aromatic N) is 1. The van der Waals surface area contributed by atoms with E-state index in [1.54, 1.807) is 42.5 Å². The Morgan fingerprint density at radius 1 is 0.875 bits per heavy atom. The van der Waals surface area contributed by atoms with Crippen LogP contribution in [-0.2, 0) is 0 Å². The van der Waals surface area contributed by atoms with E-state index < -0.39 is 0 Å². The molecule has 0 atom stereocenters. The number of hydrogen-bond acceptors (Lipinski definition) is 4. The summed E-state index contributed by atoms with van der Waals surface area (Å²) in [5.41, 5.74) is 15.0. The number of anilines is 2. The average Bonchev–Trinajstić information content (AvgIpc) is 2.30. The minimum Gasteiger partial charge on any atom is -0.398 e. The standard InChI is InChI=1S/C12H11N3O/c13-10-2-1-3-11(14)12(10)8-4-6-9(15-16)7-5-8/h1-7H,13-14H2. The Balaban J connectivity index is 2.54. The van der Waals surface area contributed by atoms with E-state index in [1.807, 2.05) is 0 Å². The van der Waals surface area contributed by atoms with E-state index in [0.29, 0.717) is 17.1 Å². The fourth-order valence-electron chi connectivity index (χ4n) is 1.61. The highest BCUT2D eigenvalue weighted by Gasteiger charge is 2.06. The van der Waals surface area contributed by atoms with Gasteiger partial charge in [-0.3, -0.25) is 0 Å². The number of nitroso groups, excluding NO2 is 1. The van der Waals surface area contributed by atoms with Crippen LogP contribution in [0.25, 0.3) is 11.1 Å². The second-order valence-electron chi connectivity index (χ2n) is 3.45. The molecule has 4 N–H and O–H groups in total. The normalized spacial score (nSPS) is 10.0. The molecule has 80 valence electrons. The number of rotatable bonds is 2. The maximum atomic E-state index is 10.3. The molecule has 0 unspecified atom stereocenters. The molecule has 0 aromatic heterocycles. The molecule has 4 nitrogen and oxygen atoms in total. The third-order valence-electron chi connectivity index (χ3n) is 2.39. The van der Waals surface area contributed by atoms with Crippen LogP contribution in [0, 0.1) is 4.91 Å². The summed E-state index contributed by atoms with van der Waals surface area (Å²) in [6.45, 7) is 0. The smallest absolute Gasteiger partial charge is 0.108 e. The summed E-state index contributed by atoms with van der Waals surface area (Å²) < 4.78 is 0. The van der Waals surface area contributed by atoms with Gasteiger partial charge < -0.3 is 11.5 Å². The van der Waals surface area contributed by atoms with Crippen molar-refractivity contribution in [3.8, 4) is 11.1 Å². The Labute approximate surface area is 92.9 Å². The average molecular weight is 213 g/mol. The molecule has 0 fully saturated rings. The summed E-state index contributed by atoms with van der Waals surface area (Å²) in [5, 5.41) is 2.84. The molecular weight excluding hydrogens is 202 g/mol. The summed E-state index contributed by atoms with van der Waals surface area (Å²) in [5.74, 6) is 0. The van der Waals surface area contributed by atoms with Crippen LogP contribution >= 0.6 is 0 Å². The number of hydrogen-bond donors (Lipinski definition) is 2. The van der Waals surface area contributed by atoms with E-state index in [-0.39, 0.29) is 0 Å². The van der Waals surface area contributed by atoms with Crippen LogP contribution in [0.1, 0.15) is 0 Å². The number of nitrogens with two attached hydrogens (primary N) is 2. The largest absolute Gasteiger partial charge is 0.398 e. The predicted octanol–water partition coefficient (Wildman–Crippen LogP) is 2.92. The van der Waals surface area contributed by atoms with Crippen LogP contribution in [0.3, 0.4) is 0 Å². The van der Waals surface area contributed by atoms with Crippen molar-refractivity contribution in [1.82, 2.24) is 0 Å². The highest BCUT2D eigenvalue weighted by atomic mass is 16.3. The van der Waals surface area contributed by atoms with Crippen LogP contribution in [0.5, 0.6) is 0 Å². The SMILES string of the molecule is Nc1cccc(N)c1-c1ccc(N=O)cc1. The van der Waals surface area contributed by atoms with E-state index in [2.05, 4.69) is 5.18 Å². The molecule has 4 heteroatoms. The van der Waals surface area contributed by atoms with Crippen LogP contribution in [0.15, 0.2) is 47.6 Å². The van der Waals surface area contributed by atoms with Gasteiger partial charge in [0.2, 0.25) is 0 Å². The van der Waals surface area contributed by atoms with Gasteiger partial charge in [-0.1, -0.05) is 18.2 Å². The molecule has 2 aromatic rings. The van der Waals surface area contributed by atoms with E-state index in [4.69, 9.17) is 11.5 Å². The molecule has 2 aromatic carbocycles. The lowest BCUT2D eigenvalue weighted by atomic mass is 10.0. The lowest BCUT2D eigenvalue weighted by Gasteiger charge is -2.08. The minimum absolute atomic E-state index is 0.386. The Hall–Kier alpha value is -2.36. The summed E-state index contributed by atoms with van der Waals surface area (Å²) in [6, 6.07) is 12.2. The highest BCUT2D eigenvalue weighted by Crippen LogP contribution is 2.32. The molecule has 2 rings (SSSR count). The van der Waals surface area contributed by atoms with Crippen molar-refractivity contribution in [3.63, 3.8) is 0 Å². The Kier molecular flexibility index (Phi) is 2.55. The van der Waals surface area contributed by atoms with Gasteiger partial charge in [0, 0.05) is 16.9 Å². The van der Waals surface area contributed by atoms with E-state index in [1.165, 1.54) is 0 Å². The van der Waals surface area contributed by atoms with Crippen LogP contribution < -0.4 is 11.5 Å². The zero-order chi connectivity index (χ0) is 11.5. The number of benzene rings is 2. The molecule has 0 radical (unpaired) electrons. The highest BCUT2D eigenvalue weighted by molar-refractivity contribution is 5.86. The molecule has 0 aliphatic rings. The minimum atomic E-state index is 0.386. The first-order chi connectivity index (χ1) is 7.72. The lowest BCUT2D eigenvalue weighted by molar-refractivity contribution is 1.49. The third-order valence-corrected chi connectivity index (χ3v) is 2.39. The first kappa shape index (κ1) is 10.2. The molecule has 0 aliphatic carbocycles. The van der Waals surface area contributed by atoms with Gasteiger partial charge in [0.25, 0.3) is 0 Å². The van der Waals surface area contributed by atoms with Crippen molar-refractivity contribution in [1.29, 1.82) is 0 Å². The summed E-state index contributed by atoms with van der Waals surface area (Å²) in [6.07, 6.45) is 0. The second kappa shape index (κ2) is 4.02. The fourth-order valence-corrected chi connectivity index (χ4v) is 1.61. The molecule has 0 heterocycles. The van der Waals surface area contributed by atoms with Gasteiger partial charge in [0.05, 0.1) is 0 Å². The molecule has 0 amide bonds. The molecule has 0 bridgehead atoms. The monoisotopic (exact) mass is 213 g/mol. The Bertz CT molecular complexity index is 500. The van der Waals surface area contributed by atoms with Gasteiger partial charge in [-0.05, 0) is 35.0 Å². The zero-order valence-electron chi connectivity index (χ0n) is 8.55. The van der Waals surface area contributed by atoms with Crippen molar-refractivity contribution in [2.45, 2.75) is 0 Å². The van der Waals surface area contributed by atoms with Gasteiger partial charge in [-0.15, -0.1) is 4.91 Å². The summed E-state index contributed by atoms with van der Waals surface area (Å²) in [4.78, 5) is 10.3. The van der Waals surface area contributed by atoms with Gasteiger partial charge in [0.15, 0.2) is 0 Å². The van der Waals surface area contributed by atoms with E-state index >= 15 is 0 Å². The number of nitrogen functional groups attached to an aromatic ring is 2. The van der Waals surface area contributed by atoms with Crippen molar-refractivity contribution >= 4 is 17.1 Å². The summed E-state index contributed by atoms with van der Waals surface area (Å²) in [7, 11) is 0. The molecule has 16 heavy (non-hydrogen) atoms. The van der Waals surface area contributed by atoms with E-state index in [9.17, 15) is 4.91 Å². The summed E-state index contributed by atoms with van der Waals surface area (Å²) >= 11 is 0. The maximum absolute atomic E-state index is 10.3. The first-order valence-corrected chi connectivity index (χ1v) is 4.80. The predicted molar refractivity (Wildman–Crippen MR) is 66.2 cm³/mol. The van der Waals surface area contributed by atoms with Gasteiger partial charge in [-0.2, -0.15) is 0 Å². The van der Waals surface area contributed by atoms with Crippen molar-refractivity contribution in [2.75, 3.05) is 11.5 Å². The molecule has 0 spiro atoms. The molecular formula is C12H11N3O. The van der Waals surface area contributed by atoms with Crippen LogP contribution in [0.2, 0.25) is 0 Å².